The van der Waals surface area contributed by atoms with Crippen LogP contribution in [0.3, 0.4) is 0 Å². The first-order valence-electron chi connectivity index (χ1n) is 8.22. The van der Waals surface area contributed by atoms with Gasteiger partial charge in [-0.25, -0.2) is 0 Å². The van der Waals surface area contributed by atoms with Crippen LogP contribution in [0.15, 0.2) is 18.3 Å². The van der Waals surface area contributed by atoms with Crippen molar-refractivity contribution >= 4 is 0 Å². The van der Waals surface area contributed by atoms with E-state index in [0.29, 0.717) is 0 Å². The van der Waals surface area contributed by atoms with E-state index in [2.05, 4.69) is 27.3 Å². The molecule has 0 aromatic carbocycles. The predicted octanol–water partition coefficient (Wildman–Crippen LogP) is 2.19. The Morgan fingerprint density at radius 1 is 1.24 bits per heavy atom. The van der Waals surface area contributed by atoms with Crippen molar-refractivity contribution < 1.29 is 4.74 Å². The number of nitrogens with one attached hydrogen (secondary N) is 1. The smallest absolute Gasteiger partial charge is 0.0544 e. The van der Waals surface area contributed by atoms with Crippen molar-refractivity contribution in [1.29, 1.82) is 0 Å². The molecule has 2 aliphatic rings. The molecule has 3 rings (SSSR count). The lowest BCUT2D eigenvalue weighted by atomic mass is 9.98. The zero-order valence-corrected chi connectivity index (χ0v) is 13.1. The Bertz CT molecular complexity index is 422. The molecule has 1 saturated heterocycles. The molecule has 0 amide bonds. The summed E-state index contributed by atoms with van der Waals surface area (Å²) in [6.45, 7) is 5.19. The molecule has 0 unspecified atom stereocenters. The van der Waals surface area contributed by atoms with Gasteiger partial charge in [-0.05, 0) is 56.3 Å². The Morgan fingerprint density at radius 3 is 2.67 bits per heavy atom. The Morgan fingerprint density at radius 2 is 2.05 bits per heavy atom. The van der Waals surface area contributed by atoms with Crippen molar-refractivity contribution in [3.8, 4) is 0 Å². The van der Waals surface area contributed by atoms with Gasteiger partial charge in [-0.2, -0.15) is 0 Å². The lowest BCUT2D eigenvalue weighted by Crippen LogP contribution is -2.34. The van der Waals surface area contributed by atoms with E-state index in [9.17, 15) is 0 Å². The molecular formula is C17H27N3O. The predicted molar refractivity (Wildman–Crippen MR) is 84.0 cm³/mol. The number of likely N-dealkylation sites (tertiary alicyclic amines) is 1. The monoisotopic (exact) mass is 289 g/mol. The van der Waals surface area contributed by atoms with Crippen LogP contribution in [0.1, 0.15) is 36.9 Å². The highest BCUT2D eigenvalue weighted by atomic mass is 16.5. The zero-order chi connectivity index (χ0) is 14.5. The molecule has 4 heteroatoms. The maximum Gasteiger partial charge on any atom is 0.0544 e. The van der Waals surface area contributed by atoms with Gasteiger partial charge in [0.1, 0.15) is 0 Å². The van der Waals surface area contributed by atoms with Gasteiger partial charge in [0.15, 0.2) is 0 Å². The number of pyridine rings is 1. The fourth-order valence-corrected chi connectivity index (χ4v) is 2.98. The number of hydrogen-bond acceptors (Lipinski definition) is 4. The molecule has 4 nitrogen and oxygen atoms in total. The summed E-state index contributed by atoms with van der Waals surface area (Å²) in [5.74, 6) is 0.745. The fraction of sp³-hybridized carbons (Fsp3) is 0.706. The standard InChI is InChI=1S/C17H27N3O/c1-21-13-14-6-8-20(9-7-14)12-17-3-2-15(11-19-17)10-18-16-4-5-16/h2-3,11,14,16,18H,4-10,12-13H2,1H3. The van der Waals surface area contributed by atoms with Gasteiger partial charge >= 0.3 is 0 Å². The lowest BCUT2D eigenvalue weighted by molar-refractivity contribution is 0.0963. The van der Waals surface area contributed by atoms with Crippen LogP contribution in [0.4, 0.5) is 0 Å². The van der Waals surface area contributed by atoms with Crippen LogP contribution < -0.4 is 5.32 Å². The molecule has 21 heavy (non-hydrogen) atoms. The number of piperidine rings is 1. The third kappa shape index (κ3) is 4.77. The molecule has 0 spiro atoms. The Hall–Kier alpha value is -0.970. The summed E-state index contributed by atoms with van der Waals surface area (Å²) in [5, 5.41) is 3.53. The van der Waals surface area contributed by atoms with Gasteiger partial charge in [-0.1, -0.05) is 6.07 Å². The van der Waals surface area contributed by atoms with Crippen molar-refractivity contribution in [2.24, 2.45) is 5.92 Å². The van der Waals surface area contributed by atoms with Gasteiger partial charge in [0, 0.05) is 39.0 Å². The SMILES string of the molecule is COCC1CCN(Cc2ccc(CNC3CC3)cn2)CC1. The van der Waals surface area contributed by atoms with Crippen LogP contribution >= 0.6 is 0 Å². The Balaban J connectivity index is 1.42. The molecule has 2 heterocycles. The Kier molecular flexibility index (Phi) is 5.22. The molecule has 1 N–H and O–H groups in total. The van der Waals surface area contributed by atoms with Gasteiger partial charge in [-0.3, -0.25) is 9.88 Å². The van der Waals surface area contributed by atoms with Crippen LogP contribution in [0.5, 0.6) is 0 Å². The number of rotatable bonds is 7. The second kappa shape index (κ2) is 7.34. The fourth-order valence-electron chi connectivity index (χ4n) is 2.98. The summed E-state index contributed by atoms with van der Waals surface area (Å²) < 4.78 is 5.26. The Labute approximate surface area is 127 Å². The minimum atomic E-state index is 0.745. The highest BCUT2D eigenvalue weighted by Gasteiger charge is 2.20. The quantitative estimate of drug-likeness (QED) is 0.835. The highest BCUT2D eigenvalue weighted by molar-refractivity contribution is 5.14. The molecule has 0 bridgehead atoms. The largest absolute Gasteiger partial charge is 0.384 e. The van der Waals surface area contributed by atoms with E-state index in [4.69, 9.17) is 4.74 Å². The topological polar surface area (TPSA) is 37.4 Å². The second-order valence-electron chi connectivity index (χ2n) is 6.49. The van der Waals surface area contributed by atoms with E-state index in [1.807, 2.05) is 6.20 Å². The van der Waals surface area contributed by atoms with E-state index < -0.39 is 0 Å². The van der Waals surface area contributed by atoms with E-state index in [0.717, 1.165) is 31.7 Å². The van der Waals surface area contributed by atoms with E-state index in [1.165, 1.54) is 50.0 Å². The average Bonchev–Trinajstić information content (AvgIpc) is 3.33. The van der Waals surface area contributed by atoms with Crippen molar-refractivity contribution in [3.63, 3.8) is 0 Å². The summed E-state index contributed by atoms with van der Waals surface area (Å²) in [7, 11) is 1.80. The maximum atomic E-state index is 5.26. The average molecular weight is 289 g/mol. The highest BCUT2D eigenvalue weighted by Crippen LogP contribution is 2.20. The first-order chi connectivity index (χ1) is 10.3. The van der Waals surface area contributed by atoms with Crippen LogP contribution in [0.25, 0.3) is 0 Å². The van der Waals surface area contributed by atoms with Gasteiger partial charge in [0.25, 0.3) is 0 Å². The molecular weight excluding hydrogens is 262 g/mol. The molecule has 1 aliphatic heterocycles. The van der Waals surface area contributed by atoms with Crippen molar-refractivity contribution in [3.05, 3.63) is 29.6 Å². The van der Waals surface area contributed by atoms with E-state index >= 15 is 0 Å². The third-order valence-electron chi connectivity index (χ3n) is 4.55. The van der Waals surface area contributed by atoms with Gasteiger partial charge < -0.3 is 10.1 Å². The number of aromatic nitrogens is 1. The van der Waals surface area contributed by atoms with Crippen LogP contribution in [0.2, 0.25) is 0 Å². The third-order valence-corrected chi connectivity index (χ3v) is 4.55. The van der Waals surface area contributed by atoms with Gasteiger partial charge in [-0.15, -0.1) is 0 Å². The number of nitrogens with zero attached hydrogens (tertiary/aromatic N) is 2. The first-order valence-corrected chi connectivity index (χ1v) is 8.22. The number of hydrogen-bond donors (Lipinski definition) is 1. The van der Waals surface area contributed by atoms with Crippen LogP contribution in [0, 0.1) is 5.92 Å². The molecule has 1 aromatic heterocycles. The van der Waals surface area contributed by atoms with Crippen molar-refractivity contribution in [2.75, 3.05) is 26.8 Å². The van der Waals surface area contributed by atoms with Gasteiger partial charge in [0.2, 0.25) is 0 Å². The maximum absolute atomic E-state index is 5.26. The molecule has 2 fully saturated rings. The van der Waals surface area contributed by atoms with Gasteiger partial charge in [0.05, 0.1) is 5.69 Å². The van der Waals surface area contributed by atoms with Crippen LogP contribution in [-0.2, 0) is 17.8 Å². The zero-order valence-electron chi connectivity index (χ0n) is 13.1. The second-order valence-corrected chi connectivity index (χ2v) is 6.49. The van der Waals surface area contributed by atoms with Crippen molar-refractivity contribution in [2.45, 2.75) is 44.8 Å². The first kappa shape index (κ1) is 14.9. The summed E-state index contributed by atoms with van der Waals surface area (Å²) in [6, 6.07) is 5.17. The molecule has 1 aliphatic carbocycles. The normalized spacial score (nSPS) is 20.8. The van der Waals surface area contributed by atoms with E-state index in [-0.39, 0.29) is 0 Å². The summed E-state index contributed by atoms with van der Waals surface area (Å²) in [6.07, 6.45) is 7.20. The molecule has 0 atom stereocenters. The summed E-state index contributed by atoms with van der Waals surface area (Å²) in [4.78, 5) is 7.13. The minimum Gasteiger partial charge on any atom is -0.384 e. The number of methoxy groups -OCH3 is 1. The molecule has 1 saturated carbocycles. The van der Waals surface area contributed by atoms with Crippen molar-refractivity contribution in [1.82, 2.24) is 15.2 Å². The van der Waals surface area contributed by atoms with Crippen LogP contribution in [-0.4, -0.2) is 42.7 Å². The minimum absolute atomic E-state index is 0.745. The lowest BCUT2D eigenvalue weighted by Gasteiger charge is -2.31. The summed E-state index contributed by atoms with van der Waals surface area (Å²) in [5.41, 5.74) is 2.49. The summed E-state index contributed by atoms with van der Waals surface area (Å²) >= 11 is 0. The molecule has 1 aromatic rings. The molecule has 0 radical (unpaired) electrons. The molecule has 116 valence electrons. The number of ether oxygens (including phenoxy) is 1. The van der Waals surface area contributed by atoms with E-state index in [1.54, 1.807) is 7.11 Å².